The van der Waals surface area contributed by atoms with Gasteiger partial charge in [-0.3, -0.25) is 4.79 Å². The molecule has 6 heteroatoms. The van der Waals surface area contributed by atoms with Crippen LogP contribution in [0.25, 0.3) is 0 Å². The van der Waals surface area contributed by atoms with Gasteiger partial charge >= 0.3 is 0 Å². The van der Waals surface area contributed by atoms with Gasteiger partial charge in [-0.25, -0.2) is 0 Å². The zero-order valence-corrected chi connectivity index (χ0v) is 16.8. The van der Waals surface area contributed by atoms with Crippen molar-refractivity contribution in [1.29, 1.82) is 0 Å². The van der Waals surface area contributed by atoms with Crippen LogP contribution in [0.3, 0.4) is 0 Å². The van der Waals surface area contributed by atoms with E-state index in [9.17, 15) is 9.90 Å². The summed E-state index contributed by atoms with van der Waals surface area (Å²) in [5, 5.41) is 12.9. The van der Waals surface area contributed by atoms with E-state index in [1.807, 2.05) is 55.5 Å². The monoisotopic (exact) mass is 389 g/mol. The lowest BCUT2D eigenvalue weighted by molar-refractivity contribution is -0.120. The third kappa shape index (κ3) is 6.48. The van der Waals surface area contributed by atoms with Crippen molar-refractivity contribution < 1.29 is 19.4 Å². The zero-order chi connectivity index (χ0) is 19.6. The number of hydrogen-bond acceptors (Lipinski definition) is 5. The molecule has 146 valence electrons. The molecule has 0 aliphatic rings. The number of amides is 1. The smallest absolute Gasteiger partial charge is 0.232 e. The Labute approximate surface area is 165 Å². The summed E-state index contributed by atoms with van der Waals surface area (Å²) in [6.45, 7) is 2.40. The summed E-state index contributed by atoms with van der Waals surface area (Å²) < 4.78 is 10.5. The van der Waals surface area contributed by atoms with Gasteiger partial charge in [-0.1, -0.05) is 36.4 Å². The molecule has 0 aliphatic heterocycles. The summed E-state index contributed by atoms with van der Waals surface area (Å²) in [5.41, 5.74) is 1.93. The summed E-state index contributed by atoms with van der Waals surface area (Å²) >= 11 is 1.45. The number of carbonyl (C=O) groups excluding carboxylic acids is 1. The van der Waals surface area contributed by atoms with E-state index in [2.05, 4.69) is 5.32 Å². The second-order valence-corrected chi connectivity index (χ2v) is 7.51. The van der Waals surface area contributed by atoms with E-state index < -0.39 is 6.10 Å². The Balaban J connectivity index is 1.75. The first-order valence-corrected chi connectivity index (χ1v) is 9.93. The van der Waals surface area contributed by atoms with Gasteiger partial charge in [-0.15, -0.1) is 11.8 Å². The second kappa shape index (κ2) is 10.8. The van der Waals surface area contributed by atoms with Crippen molar-refractivity contribution in [2.24, 2.45) is 0 Å². The fraction of sp³-hybridized carbons (Fsp3) is 0.381. The lowest BCUT2D eigenvalue weighted by Crippen LogP contribution is -2.32. The van der Waals surface area contributed by atoms with Gasteiger partial charge in [0, 0.05) is 12.3 Å². The first-order valence-electron chi connectivity index (χ1n) is 8.88. The molecule has 1 amide bonds. The molecule has 5 nitrogen and oxygen atoms in total. The topological polar surface area (TPSA) is 67.8 Å². The first kappa shape index (κ1) is 21.1. The number of hydrogen-bond donors (Lipinski definition) is 2. The van der Waals surface area contributed by atoms with E-state index in [-0.39, 0.29) is 11.2 Å². The molecule has 2 aromatic rings. The highest BCUT2D eigenvalue weighted by atomic mass is 32.2. The predicted molar refractivity (Wildman–Crippen MR) is 110 cm³/mol. The van der Waals surface area contributed by atoms with Gasteiger partial charge in [0.15, 0.2) is 11.5 Å². The van der Waals surface area contributed by atoms with Gasteiger partial charge in [-0.05, 0) is 36.6 Å². The minimum Gasteiger partial charge on any atom is -0.493 e. The maximum Gasteiger partial charge on any atom is 0.232 e. The van der Waals surface area contributed by atoms with Crippen molar-refractivity contribution >= 4 is 17.7 Å². The molecule has 2 N–H and O–H groups in total. The maximum absolute atomic E-state index is 12.2. The molecule has 0 radical (unpaired) electrons. The molecule has 27 heavy (non-hydrogen) atoms. The molecule has 0 aromatic heterocycles. The van der Waals surface area contributed by atoms with Gasteiger partial charge in [0.2, 0.25) is 5.91 Å². The Bertz CT molecular complexity index is 723. The van der Waals surface area contributed by atoms with E-state index in [4.69, 9.17) is 9.47 Å². The minimum absolute atomic E-state index is 0.0271. The standard InChI is InChI=1S/C21H27NO4S/c1-15(27-14-18(23)17-7-5-4-6-8-17)21(24)22-12-11-16-9-10-19(25-2)20(13-16)26-3/h4-10,13,15,18,23H,11-12,14H2,1-3H3,(H,22,24). The SMILES string of the molecule is COc1ccc(CCNC(=O)C(C)SCC(O)c2ccccc2)cc1OC. The molecule has 0 bridgehead atoms. The van der Waals surface area contributed by atoms with Crippen LogP contribution >= 0.6 is 11.8 Å². The lowest BCUT2D eigenvalue weighted by atomic mass is 10.1. The van der Waals surface area contributed by atoms with Gasteiger partial charge in [0.25, 0.3) is 0 Å². The van der Waals surface area contributed by atoms with Crippen LogP contribution < -0.4 is 14.8 Å². The Kier molecular flexibility index (Phi) is 8.48. The van der Waals surface area contributed by atoms with Gasteiger partial charge in [0.1, 0.15) is 0 Å². The minimum atomic E-state index is -0.571. The average molecular weight is 390 g/mol. The Morgan fingerprint density at radius 1 is 1.11 bits per heavy atom. The molecular formula is C21H27NO4S. The highest BCUT2D eigenvalue weighted by Crippen LogP contribution is 2.27. The number of nitrogens with one attached hydrogen (secondary N) is 1. The number of carbonyl (C=O) groups is 1. The zero-order valence-electron chi connectivity index (χ0n) is 16.0. The van der Waals surface area contributed by atoms with Crippen LogP contribution in [0.5, 0.6) is 11.5 Å². The van der Waals surface area contributed by atoms with Crippen molar-refractivity contribution in [1.82, 2.24) is 5.32 Å². The van der Waals surface area contributed by atoms with Crippen LogP contribution in [-0.4, -0.2) is 42.8 Å². The number of aliphatic hydroxyl groups is 1. The molecule has 0 spiro atoms. The van der Waals surface area contributed by atoms with Crippen molar-refractivity contribution in [2.75, 3.05) is 26.5 Å². The number of benzene rings is 2. The Morgan fingerprint density at radius 3 is 2.48 bits per heavy atom. The summed E-state index contributed by atoms with van der Waals surface area (Å²) in [6, 6.07) is 15.2. The van der Waals surface area contributed by atoms with E-state index in [1.165, 1.54) is 11.8 Å². The average Bonchev–Trinajstić information content (AvgIpc) is 2.72. The molecule has 2 atom stereocenters. The largest absolute Gasteiger partial charge is 0.493 e. The molecule has 0 heterocycles. The summed E-state index contributed by atoms with van der Waals surface area (Å²) in [7, 11) is 3.21. The summed E-state index contributed by atoms with van der Waals surface area (Å²) in [5.74, 6) is 1.82. The third-order valence-corrected chi connectivity index (χ3v) is 5.44. The number of thioether (sulfide) groups is 1. The number of methoxy groups -OCH3 is 2. The first-order chi connectivity index (χ1) is 13.0. The predicted octanol–water partition coefficient (Wildman–Crippen LogP) is 3.22. The number of rotatable bonds is 10. The van der Waals surface area contributed by atoms with Crippen LogP contribution in [0.1, 0.15) is 24.2 Å². The van der Waals surface area contributed by atoms with E-state index >= 15 is 0 Å². The van der Waals surface area contributed by atoms with Crippen molar-refractivity contribution in [3.05, 3.63) is 59.7 Å². The molecular weight excluding hydrogens is 362 g/mol. The molecule has 2 aromatic carbocycles. The van der Waals surface area contributed by atoms with Crippen molar-refractivity contribution in [2.45, 2.75) is 24.7 Å². The summed E-state index contributed by atoms with van der Waals surface area (Å²) in [6.07, 6.45) is 0.133. The molecule has 0 aliphatic carbocycles. The second-order valence-electron chi connectivity index (χ2n) is 6.13. The quantitative estimate of drug-likeness (QED) is 0.653. The molecule has 0 fully saturated rings. The van der Waals surface area contributed by atoms with Crippen molar-refractivity contribution in [3.8, 4) is 11.5 Å². The summed E-state index contributed by atoms with van der Waals surface area (Å²) in [4.78, 5) is 12.2. The fourth-order valence-electron chi connectivity index (χ4n) is 2.59. The van der Waals surface area contributed by atoms with Gasteiger partial charge in [0.05, 0.1) is 25.6 Å². The van der Waals surface area contributed by atoms with Crippen LogP contribution in [0.2, 0.25) is 0 Å². The van der Waals surface area contributed by atoms with Gasteiger partial charge < -0.3 is 19.9 Å². The van der Waals surface area contributed by atoms with E-state index in [0.29, 0.717) is 30.2 Å². The Hall–Kier alpha value is -2.18. The van der Waals surface area contributed by atoms with Crippen molar-refractivity contribution in [3.63, 3.8) is 0 Å². The molecule has 2 rings (SSSR count). The van der Waals surface area contributed by atoms with Crippen LogP contribution in [0, 0.1) is 0 Å². The molecule has 0 saturated heterocycles. The third-order valence-electron chi connectivity index (χ3n) is 4.22. The number of ether oxygens (including phenoxy) is 2. The van der Waals surface area contributed by atoms with E-state index in [0.717, 1.165) is 11.1 Å². The highest BCUT2D eigenvalue weighted by Gasteiger charge is 2.16. The van der Waals surface area contributed by atoms with Gasteiger partial charge in [-0.2, -0.15) is 0 Å². The van der Waals surface area contributed by atoms with Crippen LogP contribution in [-0.2, 0) is 11.2 Å². The Morgan fingerprint density at radius 2 is 1.81 bits per heavy atom. The fourth-order valence-corrected chi connectivity index (χ4v) is 3.49. The highest BCUT2D eigenvalue weighted by molar-refractivity contribution is 8.00. The number of aliphatic hydroxyl groups excluding tert-OH is 1. The maximum atomic E-state index is 12.2. The van der Waals surface area contributed by atoms with Crippen LogP contribution in [0.4, 0.5) is 0 Å². The van der Waals surface area contributed by atoms with Crippen LogP contribution in [0.15, 0.2) is 48.5 Å². The normalized spacial score (nSPS) is 12.9. The molecule has 0 saturated carbocycles. The molecule has 2 unspecified atom stereocenters. The lowest BCUT2D eigenvalue weighted by Gasteiger charge is -2.15. The van der Waals surface area contributed by atoms with E-state index in [1.54, 1.807) is 14.2 Å².